The average molecular weight is 226 g/mol. The molecule has 0 aromatic carbocycles. The van der Waals surface area contributed by atoms with Gasteiger partial charge in [-0.25, -0.2) is 0 Å². The molecule has 1 aromatic heterocycles. The average Bonchev–Trinajstić information content (AvgIpc) is 2.58. The highest BCUT2D eigenvalue weighted by Gasteiger charge is 2.42. The van der Waals surface area contributed by atoms with Crippen molar-refractivity contribution in [3.05, 3.63) is 16.3 Å². The highest BCUT2D eigenvalue weighted by atomic mass is 32.1. The number of carbonyl (C=O) groups excluding carboxylic acids is 1. The van der Waals surface area contributed by atoms with E-state index in [4.69, 9.17) is 5.73 Å². The minimum Gasteiger partial charge on any atom is -0.397 e. The maximum absolute atomic E-state index is 11.9. The molecule has 1 fully saturated rings. The van der Waals surface area contributed by atoms with Crippen molar-refractivity contribution >= 4 is 22.9 Å². The van der Waals surface area contributed by atoms with E-state index in [1.165, 1.54) is 11.3 Å². The van der Waals surface area contributed by atoms with E-state index in [1.54, 1.807) is 16.3 Å². The van der Waals surface area contributed by atoms with Gasteiger partial charge >= 0.3 is 0 Å². The molecule has 0 spiro atoms. The van der Waals surface area contributed by atoms with Gasteiger partial charge in [0.15, 0.2) is 0 Å². The van der Waals surface area contributed by atoms with Gasteiger partial charge in [0.25, 0.3) is 5.91 Å². The molecule has 3 N–H and O–H groups in total. The first kappa shape index (κ1) is 10.4. The van der Waals surface area contributed by atoms with Crippen molar-refractivity contribution in [2.75, 3.05) is 18.8 Å². The van der Waals surface area contributed by atoms with Crippen LogP contribution in [-0.4, -0.2) is 34.6 Å². The Morgan fingerprint density at radius 1 is 1.73 bits per heavy atom. The van der Waals surface area contributed by atoms with Crippen LogP contribution < -0.4 is 5.73 Å². The van der Waals surface area contributed by atoms with E-state index in [-0.39, 0.29) is 5.91 Å². The van der Waals surface area contributed by atoms with Crippen LogP contribution in [0.2, 0.25) is 0 Å². The minimum absolute atomic E-state index is 0.0689. The zero-order chi connectivity index (χ0) is 11.1. The first-order chi connectivity index (χ1) is 7.06. The Kier molecular flexibility index (Phi) is 2.44. The Hall–Kier alpha value is -1.07. The number of nitrogen functional groups attached to an aromatic ring is 1. The van der Waals surface area contributed by atoms with Crippen LogP contribution in [-0.2, 0) is 0 Å². The van der Waals surface area contributed by atoms with Crippen LogP contribution in [0.25, 0.3) is 0 Å². The van der Waals surface area contributed by atoms with Crippen molar-refractivity contribution < 1.29 is 9.90 Å². The van der Waals surface area contributed by atoms with Crippen LogP contribution in [0.15, 0.2) is 11.4 Å². The van der Waals surface area contributed by atoms with Crippen LogP contribution in [0.4, 0.5) is 5.69 Å². The lowest BCUT2D eigenvalue weighted by atomic mass is 9.91. The van der Waals surface area contributed by atoms with E-state index in [2.05, 4.69) is 0 Å². The SMILES string of the molecule is CCC1(O)CN(C(=O)c2sccc2N)C1. The van der Waals surface area contributed by atoms with E-state index < -0.39 is 5.60 Å². The number of amides is 1. The van der Waals surface area contributed by atoms with Crippen molar-refractivity contribution in [1.82, 2.24) is 4.90 Å². The molecule has 1 aromatic rings. The predicted molar refractivity (Wildman–Crippen MR) is 59.9 cm³/mol. The third kappa shape index (κ3) is 1.72. The van der Waals surface area contributed by atoms with Crippen molar-refractivity contribution in [2.45, 2.75) is 18.9 Å². The maximum Gasteiger partial charge on any atom is 0.266 e. The maximum atomic E-state index is 11.9. The second-order valence-electron chi connectivity index (χ2n) is 3.94. The molecule has 2 heterocycles. The standard InChI is InChI=1S/C10H14N2O2S/c1-2-10(14)5-12(6-10)9(13)8-7(11)3-4-15-8/h3-4,14H,2,5-6,11H2,1H3. The van der Waals surface area contributed by atoms with Gasteiger partial charge < -0.3 is 15.7 Å². The molecule has 0 bridgehead atoms. The van der Waals surface area contributed by atoms with Crippen LogP contribution >= 0.6 is 11.3 Å². The molecule has 0 unspecified atom stereocenters. The highest BCUT2D eigenvalue weighted by molar-refractivity contribution is 7.12. The summed E-state index contributed by atoms with van der Waals surface area (Å²) in [5, 5.41) is 11.6. The summed E-state index contributed by atoms with van der Waals surface area (Å²) in [5.41, 5.74) is 5.50. The number of hydrogen-bond donors (Lipinski definition) is 2. The Morgan fingerprint density at radius 2 is 2.40 bits per heavy atom. The van der Waals surface area contributed by atoms with Crippen LogP contribution in [0.3, 0.4) is 0 Å². The number of likely N-dealkylation sites (tertiary alicyclic amines) is 1. The third-order valence-corrected chi connectivity index (χ3v) is 3.72. The summed E-state index contributed by atoms with van der Waals surface area (Å²) < 4.78 is 0. The van der Waals surface area contributed by atoms with Gasteiger partial charge in [-0.3, -0.25) is 4.79 Å². The number of β-amino-alcohol motifs (C(OH)–C–C–N with tert-alkyl or cyclic N) is 1. The summed E-state index contributed by atoms with van der Waals surface area (Å²) in [6, 6.07) is 1.73. The Bertz CT molecular complexity index is 383. The molecule has 0 atom stereocenters. The van der Waals surface area contributed by atoms with Gasteiger partial charge in [0, 0.05) is 0 Å². The summed E-state index contributed by atoms with van der Waals surface area (Å²) in [6.45, 7) is 2.75. The number of anilines is 1. The minimum atomic E-state index is -0.679. The number of thiophene rings is 1. The van der Waals surface area contributed by atoms with Gasteiger partial charge in [-0.05, 0) is 17.9 Å². The normalized spacial score (nSPS) is 18.7. The molecule has 0 radical (unpaired) electrons. The number of nitrogens with two attached hydrogens (primary N) is 1. The van der Waals surface area contributed by atoms with Gasteiger partial charge in [0.2, 0.25) is 0 Å². The van der Waals surface area contributed by atoms with Crippen LogP contribution in [0, 0.1) is 0 Å². The van der Waals surface area contributed by atoms with Crippen LogP contribution in [0.1, 0.15) is 23.0 Å². The van der Waals surface area contributed by atoms with Crippen molar-refractivity contribution in [3.8, 4) is 0 Å². The summed E-state index contributed by atoms with van der Waals surface area (Å²) in [7, 11) is 0. The molecule has 2 rings (SSSR count). The quantitative estimate of drug-likeness (QED) is 0.788. The monoisotopic (exact) mass is 226 g/mol. The van der Waals surface area contributed by atoms with E-state index in [0.29, 0.717) is 30.1 Å². The van der Waals surface area contributed by atoms with E-state index in [1.807, 2.05) is 6.92 Å². The number of rotatable bonds is 2. The number of nitrogens with zero attached hydrogens (tertiary/aromatic N) is 1. The fourth-order valence-electron chi connectivity index (χ4n) is 1.67. The zero-order valence-electron chi connectivity index (χ0n) is 8.56. The molecule has 0 saturated carbocycles. The summed E-state index contributed by atoms with van der Waals surface area (Å²) in [4.78, 5) is 14.1. The third-order valence-electron chi connectivity index (χ3n) is 2.81. The lowest BCUT2D eigenvalue weighted by Gasteiger charge is -2.45. The van der Waals surface area contributed by atoms with E-state index in [0.717, 1.165) is 0 Å². The Labute approximate surface area is 92.3 Å². The summed E-state index contributed by atoms with van der Waals surface area (Å²) >= 11 is 1.35. The lowest BCUT2D eigenvalue weighted by molar-refractivity contribution is -0.0824. The number of carbonyl (C=O) groups is 1. The first-order valence-corrected chi connectivity index (χ1v) is 5.78. The molecule has 1 aliphatic heterocycles. The molecule has 15 heavy (non-hydrogen) atoms. The summed E-state index contributed by atoms with van der Waals surface area (Å²) in [5.74, 6) is -0.0689. The predicted octanol–water partition coefficient (Wildman–Crippen LogP) is 0.927. The molecule has 5 heteroatoms. The molecule has 0 aliphatic carbocycles. The topological polar surface area (TPSA) is 66.6 Å². The molecule has 4 nitrogen and oxygen atoms in total. The number of hydrogen-bond acceptors (Lipinski definition) is 4. The first-order valence-electron chi connectivity index (χ1n) is 4.90. The highest BCUT2D eigenvalue weighted by Crippen LogP contribution is 2.29. The second kappa shape index (κ2) is 3.50. The molecule has 1 amide bonds. The molecule has 1 saturated heterocycles. The fraction of sp³-hybridized carbons (Fsp3) is 0.500. The van der Waals surface area contributed by atoms with Gasteiger partial charge in [-0.1, -0.05) is 6.92 Å². The molecule has 1 aliphatic rings. The van der Waals surface area contributed by atoms with Crippen LogP contribution in [0.5, 0.6) is 0 Å². The molecule has 82 valence electrons. The molecular formula is C10H14N2O2S. The zero-order valence-corrected chi connectivity index (χ0v) is 9.38. The van der Waals surface area contributed by atoms with Gasteiger partial charge in [-0.2, -0.15) is 0 Å². The largest absolute Gasteiger partial charge is 0.397 e. The second-order valence-corrected chi connectivity index (χ2v) is 4.86. The van der Waals surface area contributed by atoms with E-state index >= 15 is 0 Å². The van der Waals surface area contributed by atoms with Crippen molar-refractivity contribution in [2.24, 2.45) is 0 Å². The van der Waals surface area contributed by atoms with Gasteiger partial charge in [0.05, 0.1) is 24.4 Å². The lowest BCUT2D eigenvalue weighted by Crippen LogP contribution is -2.63. The van der Waals surface area contributed by atoms with Gasteiger partial charge in [0.1, 0.15) is 4.88 Å². The number of aliphatic hydroxyl groups is 1. The molecular weight excluding hydrogens is 212 g/mol. The van der Waals surface area contributed by atoms with Crippen molar-refractivity contribution in [3.63, 3.8) is 0 Å². The summed E-state index contributed by atoms with van der Waals surface area (Å²) in [6.07, 6.45) is 0.677. The Balaban J connectivity index is 2.04. The van der Waals surface area contributed by atoms with Gasteiger partial charge in [-0.15, -0.1) is 11.3 Å². The van der Waals surface area contributed by atoms with Crippen molar-refractivity contribution in [1.29, 1.82) is 0 Å². The van der Waals surface area contributed by atoms with E-state index in [9.17, 15) is 9.90 Å². The smallest absolute Gasteiger partial charge is 0.266 e. The Morgan fingerprint density at radius 3 is 2.87 bits per heavy atom. The fourth-order valence-corrected chi connectivity index (χ4v) is 2.45.